The van der Waals surface area contributed by atoms with Crippen LogP contribution in [-0.2, 0) is 4.79 Å². The molecule has 0 saturated heterocycles. The molecule has 2 N–H and O–H groups in total. The highest BCUT2D eigenvalue weighted by atomic mass is 16.5. The first-order valence-corrected chi connectivity index (χ1v) is 7.40. The van der Waals surface area contributed by atoms with Crippen LogP contribution in [0.3, 0.4) is 0 Å². The predicted molar refractivity (Wildman–Crippen MR) is 91.7 cm³/mol. The van der Waals surface area contributed by atoms with Gasteiger partial charge in [0.25, 0.3) is 5.91 Å². The van der Waals surface area contributed by atoms with Crippen LogP contribution in [0.25, 0.3) is 0 Å². The smallest absolute Gasteiger partial charge is 0.251 e. The minimum atomic E-state index is -0.365. The zero-order valence-electron chi connectivity index (χ0n) is 13.9. The minimum absolute atomic E-state index is 0.124. The normalized spacial score (nSPS) is 9.96. The molecular formula is C18H20N2O4. The summed E-state index contributed by atoms with van der Waals surface area (Å²) < 4.78 is 10.3. The van der Waals surface area contributed by atoms with Crippen LogP contribution in [-0.4, -0.2) is 32.6 Å². The summed E-state index contributed by atoms with van der Waals surface area (Å²) in [4.78, 5) is 24.0. The van der Waals surface area contributed by atoms with Crippen LogP contribution in [0.15, 0.2) is 42.5 Å². The van der Waals surface area contributed by atoms with Gasteiger partial charge in [0.2, 0.25) is 5.91 Å². The van der Waals surface area contributed by atoms with Gasteiger partial charge in [-0.1, -0.05) is 12.1 Å². The molecule has 0 radical (unpaired) electrons. The number of hydrogen-bond donors (Lipinski definition) is 2. The molecule has 0 bridgehead atoms. The van der Waals surface area contributed by atoms with Gasteiger partial charge < -0.3 is 20.1 Å². The maximum Gasteiger partial charge on any atom is 0.251 e. The van der Waals surface area contributed by atoms with Gasteiger partial charge >= 0.3 is 0 Å². The van der Waals surface area contributed by atoms with Crippen molar-refractivity contribution in [3.63, 3.8) is 0 Å². The molecular weight excluding hydrogens is 308 g/mol. The van der Waals surface area contributed by atoms with Crippen LogP contribution in [0, 0.1) is 6.92 Å². The lowest BCUT2D eigenvalue weighted by atomic mass is 10.2. The van der Waals surface area contributed by atoms with E-state index in [1.165, 1.54) is 14.2 Å². The van der Waals surface area contributed by atoms with Crippen molar-refractivity contribution in [1.82, 2.24) is 5.32 Å². The molecule has 2 rings (SSSR count). The third kappa shape index (κ3) is 4.49. The molecule has 0 aliphatic carbocycles. The highest BCUT2D eigenvalue weighted by Gasteiger charge is 2.12. The Morgan fingerprint density at radius 1 is 1.00 bits per heavy atom. The van der Waals surface area contributed by atoms with E-state index in [9.17, 15) is 9.59 Å². The Hall–Kier alpha value is -3.02. The average molecular weight is 328 g/mol. The number of carbonyl (C=O) groups is 2. The Bertz CT molecular complexity index is 744. The summed E-state index contributed by atoms with van der Waals surface area (Å²) in [5.41, 5.74) is 2.12. The van der Waals surface area contributed by atoms with Crippen molar-refractivity contribution < 1.29 is 19.1 Å². The number of carbonyl (C=O) groups excluding carboxylic acids is 2. The third-order valence-electron chi connectivity index (χ3n) is 3.36. The fourth-order valence-corrected chi connectivity index (χ4v) is 2.17. The second-order valence-electron chi connectivity index (χ2n) is 5.17. The van der Waals surface area contributed by atoms with E-state index in [4.69, 9.17) is 9.47 Å². The van der Waals surface area contributed by atoms with Crippen LogP contribution >= 0.6 is 0 Å². The van der Waals surface area contributed by atoms with E-state index in [0.29, 0.717) is 22.7 Å². The molecule has 0 aromatic heterocycles. The summed E-state index contributed by atoms with van der Waals surface area (Å²) in [5.74, 6) is 0.324. The van der Waals surface area contributed by atoms with E-state index in [1.807, 2.05) is 25.1 Å². The topological polar surface area (TPSA) is 76.7 Å². The standard InChI is InChI=1S/C18H20N2O4/c1-12-5-4-6-14(9-12)20-17(21)11-19-18(22)13-7-8-15(23-2)16(10-13)24-3/h4-10H,11H2,1-3H3,(H,19,22)(H,20,21). The van der Waals surface area contributed by atoms with E-state index in [0.717, 1.165) is 5.56 Å². The SMILES string of the molecule is COc1ccc(C(=O)NCC(=O)Nc2cccc(C)c2)cc1OC. The first-order chi connectivity index (χ1) is 11.5. The van der Waals surface area contributed by atoms with Crippen LogP contribution in [0.2, 0.25) is 0 Å². The van der Waals surface area contributed by atoms with Gasteiger partial charge in [0, 0.05) is 11.3 Å². The molecule has 2 aromatic rings. The summed E-state index contributed by atoms with van der Waals surface area (Å²) in [5, 5.41) is 5.31. The van der Waals surface area contributed by atoms with E-state index in [-0.39, 0.29) is 18.4 Å². The van der Waals surface area contributed by atoms with Gasteiger partial charge in [0.05, 0.1) is 20.8 Å². The Labute approximate surface area is 140 Å². The molecule has 0 fully saturated rings. The van der Waals surface area contributed by atoms with E-state index in [2.05, 4.69) is 10.6 Å². The monoisotopic (exact) mass is 328 g/mol. The molecule has 0 saturated carbocycles. The third-order valence-corrected chi connectivity index (χ3v) is 3.36. The molecule has 0 aliphatic rings. The lowest BCUT2D eigenvalue weighted by molar-refractivity contribution is -0.115. The lowest BCUT2D eigenvalue weighted by Crippen LogP contribution is -2.32. The summed E-state index contributed by atoms with van der Waals surface area (Å²) in [6.07, 6.45) is 0. The van der Waals surface area contributed by atoms with Crippen molar-refractivity contribution in [3.8, 4) is 11.5 Å². The number of aryl methyl sites for hydroxylation is 1. The summed E-state index contributed by atoms with van der Waals surface area (Å²) in [6, 6.07) is 12.2. The number of amides is 2. The molecule has 6 heteroatoms. The van der Waals surface area contributed by atoms with Gasteiger partial charge in [-0.15, -0.1) is 0 Å². The van der Waals surface area contributed by atoms with Gasteiger partial charge in [-0.2, -0.15) is 0 Å². The highest BCUT2D eigenvalue weighted by molar-refractivity contribution is 5.99. The van der Waals surface area contributed by atoms with E-state index in [1.54, 1.807) is 24.3 Å². The number of methoxy groups -OCH3 is 2. The fraction of sp³-hybridized carbons (Fsp3) is 0.222. The Morgan fingerprint density at radius 3 is 2.42 bits per heavy atom. The van der Waals surface area contributed by atoms with Crippen LogP contribution in [0.4, 0.5) is 5.69 Å². The highest BCUT2D eigenvalue weighted by Crippen LogP contribution is 2.27. The molecule has 0 unspecified atom stereocenters. The van der Waals surface area contributed by atoms with Crippen LogP contribution in [0.1, 0.15) is 15.9 Å². The van der Waals surface area contributed by atoms with Crippen LogP contribution < -0.4 is 20.1 Å². The van der Waals surface area contributed by atoms with Gasteiger partial charge in [-0.25, -0.2) is 0 Å². The number of nitrogens with one attached hydrogen (secondary N) is 2. The van der Waals surface area contributed by atoms with Gasteiger partial charge in [-0.3, -0.25) is 9.59 Å². The zero-order valence-corrected chi connectivity index (χ0v) is 13.9. The number of hydrogen-bond acceptors (Lipinski definition) is 4. The molecule has 0 heterocycles. The molecule has 2 aromatic carbocycles. The Balaban J connectivity index is 1.94. The van der Waals surface area contributed by atoms with Crippen molar-refractivity contribution in [2.45, 2.75) is 6.92 Å². The van der Waals surface area contributed by atoms with Crippen molar-refractivity contribution in [2.24, 2.45) is 0 Å². The number of benzene rings is 2. The summed E-state index contributed by atoms with van der Waals surface area (Å²) >= 11 is 0. The van der Waals surface area contributed by atoms with Crippen molar-refractivity contribution in [2.75, 3.05) is 26.1 Å². The molecule has 2 amide bonds. The van der Waals surface area contributed by atoms with E-state index < -0.39 is 0 Å². The lowest BCUT2D eigenvalue weighted by Gasteiger charge is -2.10. The first kappa shape index (κ1) is 17.3. The molecule has 0 spiro atoms. The summed E-state index contributed by atoms with van der Waals surface area (Å²) in [6.45, 7) is 1.82. The first-order valence-electron chi connectivity index (χ1n) is 7.40. The number of ether oxygens (including phenoxy) is 2. The van der Waals surface area contributed by atoms with Crippen molar-refractivity contribution >= 4 is 17.5 Å². The maximum atomic E-state index is 12.1. The predicted octanol–water partition coefficient (Wildman–Crippen LogP) is 2.38. The fourth-order valence-electron chi connectivity index (χ4n) is 2.17. The maximum absolute atomic E-state index is 12.1. The van der Waals surface area contributed by atoms with Gasteiger partial charge in [0.15, 0.2) is 11.5 Å². The second kappa shape index (κ2) is 8.01. The quantitative estimate of drug-likeness (QED) is 0.853. The molecule has 0 aliphatic heterocycles. The molecule has 6 nitrogen and oxygen atoms in total. The average Bonchev–Trinajstić information content (AvgIpc) is 2.59. The Kier molecular flexibility index (Phi) is 5.78. The number of rotatable bonds is 6. The summed E-state index contributed by atoms with van der Waals surface area (Å²) in [7, 11) is 3.02. The van der Waals surface area contributed by atoms with Crippen molar-refractivity contribution in [1.29, 1.82) is 0 Å². The minimum Gasteiger partial charge on any atom is -0.493 e. The second-order valence-corrected chi connectivity index (χ2v) is 5.17. The largest absolute Gasteiger partial charge is 0.493 e. The van der Waals surface area contributed by atoms with Crippen molar-refractivity contribution in [3.05, 3.63) is 53.6 Å². The molecule has 0 atom stereocenters. The number of anilines is 1. The van der Waals surface area contributed by atoms with E-state index >= 15 is 0 Å². The molecule has 24 heavy (non-hydrogen) atoms. The zero-order chi connectivity index (χ0) is 17.5. The Morgan fingerprint density at radius 2 is 1.75 bits per heavy atom. The van der Waals surface area contributed by atoms with Crippen LogP contribution in [0.5, 0.6) is 11.5 Å². The van der Waals surface area contributed by atoms with Gasteiger partial charge in [0.1, 0.15) is 0 Å². The molecule has 126 valence electrons. The van der Waals surface area contributed by atoms with Gasteiger partial charge in [-0.05, 0) is 42.8 Å².